The zero-order valence-electron chi connectivity index (χ0n) is 12.5. The van der Waals surface area contributed by atoms with E-state index >= 15 is 0 Å². The topological polar surface area (TPSA) is 3.01 Å². The predicted molar refractivity (Wildman–Crippen MR) is 129 cm³/mol. The van der Waals surface area contributed by atoms with Crippen LogP contribution in [0.3, 0.4) is 0 Å². The van der Waals surface area contributed by atoms with Crippen molar-refractivity contribution in [1.82, 2.24) is 4.58 Å². The van der Waals surface area contributed by atoms with Gasteiger partial charge in [-0.3, -0.25) is 0 Å². The molecule has 2 aromatic carbocycles. The highest BCUT2D eigenvalue weighted by molar-refractivity contribution is 9.12. The van der Waals surface area contributed by atoms with Gasteiger partial charge in [0.15, 0.2) is 0 Å². The summed E-state index contributed by atoms with van der Waals surface area (Å²) in [5.41, 5.74) is 3.15. The molecule has 0 aliphatic heterocycles. The highest BCUT2D eigenvalue weighted by atomic mass is 79.9. The van der Waals surface area contributed by atoms with Crippen LogP contribution in [0.2, 0.25) is 0 Å². The Morgan fingerprint density at radius 1 is 0.760 bits per heavy atom. The third-order valence-corrected chi connectivity index (χ3v) is 7.03. The molecule has 0 spiro atoms. The highest BCUT2D eigenvalue weighted by Crippen LogP contribution is 2.37. The first-order valence-electron chi connectivity index (χ1n) is 7.14. The number of rotatable bonds is 2. The second-order valence-electron chi connectivity index (χ2n) is 5.23. The molecule has 0 N–H and O–H groups in total. The van der Waals surface area contributed by atoms with Crippen LogP contribution in [0.15, 0.2) is 77.0 Å². The summed E-state index contributed by atoms with van der Waals surface area (Å²) >= 11 is 21.8. The van der Waals surface area contributed by atoms with Crippen molar-refractivity contribution in [3.63, 3.8) is 0 Å². The summed E-state index contributed by atoms with van der Waals surface area (Å²) in [5, 5.41) is 0. The molecule has 1 atom stereocenters. The standard InChI is InChI=1S/C18H10Br6N/c19-10-1-4-16(13(22)7-10)25(17-5-2-11(20)8-14(17)23)18-6-3-12(21)9-15(18)24/h1-10H/q+1. The Morgan fingerprint density at radius 3 is 1.72 bits per heavy atom. The minimum absolute atomic E-state index is 0.217. The van der Waals surface area contributed by atoms with Crippen molar-refractivity contribution in [3.8, 4) is 0 Å². The fourth-order valence-electron chi connectivity index (χ4n) is 2.44. The van der Waals surface area contributed by atoms with Gasteiger partial charge in [-0.2, -0.15) is 4.58 Å². The first kappa shape index (κ1) is 20.2. The molecule has 1 aliphatic carbocycles. The van der Waals surface area contributed by atoms with E-state index in [1.54, 1.807) is 0 Å². The smallest absolute Gasteiger partial charge is 0.151 e. The summed E-state index contributed by atoms with van der Waals surface area (Å²) in [6.45, 7) is 0. The van der Waals surface area contributed by atoms with Crippen molar-refractivity contribution in [3.05, 3.63) is 77.0 Å². The lowest BCUT2D eigenvalue weighted by molar-refractivity contribution is 1.06. The van der Waals surface area contributed by atoms with E-state index in [0.29, 0.717) is 0 Å². The first-order valence-corrected chi connectivity index (χ1v) is 12.0. The van der Waals surface area contributed by atoms with Gasteiger partial charge in [0, 0.05) is 27.2 Å². The van der Waals surface area contributed by atoms with Crippen LogP contribution in [0, 0.1) is 0 Å². The Hall–Kier alpha value is 0.470. The van der Waals surface area contributed by atoms with Crippen LogP contribution < -0.4 is 4.58 Å². The van der Waals surface area contributed by atoms with E-state index < -0.39 is 0 Å². The van der Waals surface area contributed by atoms with Crippen molar-refractivity contribution >= 4 is 113 Å². The largest absolute Gasteiger partial charge is 0.226 e. The number of halogens is 6. The summed E-state index contributed by atoms with van der Waals surface area (Å²) in [6.07, 6.45) is 6.36. The van der Waals surface area contributed by atoms with Gasteiger partial charge in [0.05, 0.1) is 18.3 Å². The van der Waals surface area contributed by atoms with Gasteiger partial charge in [-0.05, 0) is 78.1 Å². The van der Waals surface area contributed by atoms with Crippen LogP contribution in [0.1, 0.15) is 0 Å². The molecule has 1 nitrogen and oxygen atoms in total. The second kappa shape index (κ2) is 8.65. The molecule has 0 aromatic heterocycles. The van der Waals surface area contributed by atoms with E-state index in [0.717, 1.165) is 39.5 Å². The molecule has 0 saturated carbocycles. The Labute approximate surface area is 197 Å². The normalized spacial score (nSPS) is 16.8. The lowest BCUT2D eigenvalue weighted by Crippen LogP contribution is -2.19. The quantitative estimate of drug-likeness (QED) is 0.216. The average molecular weight is 720 g/mol. The highest BCUT2D eigenvalue weighted by Gasteiger charge is 2.27. The summed E-state index contributed by atoms with van der Waals surface area (Å²) in [5.74, 6) is 0. The fraction of sp³-hybridized carbons (Fsp3) is 0.0556. The van der Waals surface area contributed by atoms with Gasteiger partial charge in [-0.15, -0.1) is 0 Å². The van der Waals surface area contributed by atoms with E-state index in [1.165, 1.54) is 0 Å². The van der Waals surface area contributed by atoms with E-state index in [4.69, 9.17) is 0 Å². The molecule has 0 bridgehead atoms. The maximum atomic E-state index is 3.72. The van der Waals surface area contributed by atoms with Gasteiger partial charge in [0.25, 0.3) is 0 Å². The Balaban J connectivity index is 2.33. The van der Waals surface area contributed by atoms with Gasteiger partial charge in [-0.1, -0.05) is 53.9 Å². The van der Waals surface area contributed by atoms with Crippen molar-refractivity contribution < 1.29 is 0 Å². The number of alkyl halides is 1. The fourth-order valence-corrected chi connectivity index (χ4v) is 6.25. The lowest BCUT2D eigenvalue weighted by Gasteiger charge is -2.13. The first-order chi connectivity index (χ1) is 11.9. The molecule has 0 radical (unpaired) electrons. The van der Waals surface area contributed by atoms with Crippen LogP contribution in [-0.4, -0.2) is 10.5 Å². The van der Waals surface area contributed by atoms with Gasteiger partial charge in [0.2, 0.25) is 17.1 Å². The number of nitrogens with zero attached hydrogens (tertiary/aromatic N) is 1. The second-order valence-corrected chi connectivity index (χ2v) is 10.7. The van der Waals surface area contributed by atoms with Crippen molar-refractivity contribution in [1.29, 1.82) is 0 Å². The maximum absolute atomic E-state index is 3.72. The summed E-state index contributed by atoms with van der Waals surface area (Å²) < 4.78 is 7.29. The predicted octanol–water partition coefficient (Wildman–Crippen LogP) is 8.62. The number of allylic oxidation sites excluding steroid dienone is 4. The molecule has 1 aliphatic rings. The molecule has 3 rings (SSSR count). The minimum Gasteiger partial charge on any atom is -0.151 e. The molecule has 0 heterocycles. The van der Waals surface area contributed by atoms with Crippen LogP contribution >= 0.6 is 95.6 Å². The Kier molecular flexibility index (Phi) is 6.99. The average Bonchev–Trinajstić information content (AvgIpc) is 2.52. The zero-order valence-corrected chi connectivity index (χ0v) is 22.0. The molecule has 0 amide bonds. The van der Waals surface area contributed by atoms with Crippen LogP contribution in [0.4, 0.5) is 11.4 Å². The van der Waals surface area contributed by atoms with Gasteiger partial charge < -0.3 is 0 Å². The van der Waals surface area contributed by atoms with Crippen LogP contribution in [0.5, 0.6) is 0 Å². The van der Waals surface area contributed by atoms with E-state index in [9.17, 15) is 0 Å². The number of hydrogen-bond donors (Lipinski definition) is 0. The molecule has 1 unspecified atom stereocenters. The van der Waals surface area contributed by atoms with Gasteiger partial charge in [-0.25, -0.2) is 0 Å². The molecule has 0 fully saturated rings. The van der Waals surface area contributed by atoms with E-state index in [-0.39, 0.29) is 4.83 Å². The Bertz CT molecular complexity index is 876. The molecular formula is C18H10Br6N+. The third kappa shape index (κ3) is 4.66. The monoisotopic (exact) mass is 714 g/mol. The number of hydrogen-bond acceptors (Lipinski definition) is 0. The van der Waals surface area contributed by atoms with Crippen molar-refractivity contribution in [2.45, 2.75) is 4.83 Å². The molecule has 2 aromatic rings. The summed E-state index contributed by atoms with van der Waals surface area (Å²) in [6, 6.07) is 12.4. The summed E-state index contributed by atoms with van der Waals surface area (Å²) in [4.78, 5) is 0.217. The minimum atomic E-state index is 0.217. The molecule has 0 saturated heterocycles. The molecular weight excluding hydrogens is 710 g/mol. The van der Waals surface area contributed by atoms with E-state index in [1.807, 2.05) is 24.3 Å². The molecule has 7 heteroatoms. The van der Waals surface area contributed by atoms with Gasteiger partial charge >= 0.3 is 0 Å². The van der Waals surface area contributed by atoms with Crippen molar-refractivity contribution in [2.24, 2.45) is 0 Å². The molecule has 128 valence electrons. The third-order valence-electron chi connectivity index (χ3n) is 3.53. The van der Waals surface area contributed by atoms with E-state index in [2.05, 4.69) is 131 Å². The summed E-state index contributed by atoms with van der Waals surface area (Å²) in [7, 11) is 0. The SMILES string of the molecule is BrC1=CC(Br)C=CC1=[N+](c1ccc(Br)cc1Br)c1ccc(Br)cc1Br. The Morgan fingerprint density at radius 2 is 1.28 bits per heavy atom. The van der Waals surface area contributed by atoms with Gasteiger partial charge in [0.1, 0.15) is 0 Å². The van der Waals surface area contributed by atoms with Crippen molar-refractivity contribution in [2.75, 3.05) is 0 Å². The maximum Gasteiger partial charge on any atom is 0.226 e. The van der Waals surface area contributed by atoms with Crippen LogP contribution in [0.25, 0.3) is 0 Å². The zero-order chi connectivity index (χ0) is 18.1. The molecule has 25 heavy (non-hydrogen) atoms. The van der Waals surface area contributed by atoms with Crippen LogP contribution in [-0.2, 0) is 0 Å². The number of benzene rings is 2. The lowest BCUT2D eigenvalue weighted by atomic mass is 10.1.